The van der Waals surface area contributed by atoms with Gasteiger partial charge in [-0.05, 0) is 30.9 Å². The summed E-state index contributed by atoms with van der Waals surface area (Å²) in [5, 5.41) is 12.7. The van der Waals surface area contributed by atoms with Crippen LogP contribution in [0, 0.1) is 5.92 Å². The topological polar surface area (TPSA) is 61.8 Å². The fraction of sp³-hybridized carbons (Fsp3) is 0.562. The van der Waals surface area contributed by atoms with Crippen LogP contribution in [-0.4, -0.2) is 23.6 Å². The lowest BCUT2D eigenvalue weighted by atomic mass is 10.1. The predicted molar refractivity (Wildman–Crippen MR) is 88.4 cm³/mol. The summed E-state index contributed by atoms with van der Waals surface area (Å²) < 4.78 is 0. The molecule has 2 rings (SSSR count). The second kappa shape index (κ2) is 7.03. The molecule has 0 aromatic heterocycles. The minimum atomic E-state index is 0.0716. The average Bonchev–Trinajstić information content (AvgIpc) is 2.97. The van der Waals surface area contributed by atoms with E-state index in [4.69, 9.17) is 22.5 Å². The lowest BCUT2D eigenvalue weighted by Gasteiger charge is -2.34. The second-order valence-electron chi connectivity index (χ2n) is 6.10. The van der Waals surface area contributed by atoms with Crippen molar-refractivity contribution in [3.05, 3.63) is 28.8 Å². The summed E-state index contributed by atoms with van der Waals surface area (Å²) in [6.07, 6.45) is 4.90. The molecule has 1 aliphatic rings. The van der Waals surface area contributed by atoms with Crippen molar-refractivity contribution in [3.8, 4) is 0 Å². The molecule has 0 radical (unpaired) electrons. The van der Waals surface area contributed by atoms with Crippen LogP contribution in [0.4, 0.5) is 5.69 Å². The third-order valence-electron chi connectivity index (χ3n) is 3.99. The van der Waals surface area contributed by atoms with Crippen LogP contribution in [0.3, 0.4) is 0 Å². The van der Waals surface area contributed by atoms with Gasteiger partial charge in [0, 0.05) is 18.3 Å². The molecule has 1 aliphatic carbocycles. The molecule has 1 aromatic carbocycles. The van der Waals surface area contributed by atoms with Gasteiger partial charge >= 0.3 is 0 Å². The monoisotopic (exact) mass is 309 g/mol. The zero-order valence-corrected chi connectivity index (χ0v) is 13.5. The number of oxime groups is 1. The summed E-state index contributed by atoms with van der Waals surface area (Å²) in [6.45, 7) is 5.35. The van der Waals surface area contributed by atoms with Crippen molar-refractivity contribution >= 4 is 23.1 Å². The maximum Gasteiger partial charge on any atom is 0.173 e. The highest BCUT2D eigenvalue weighted by Crippen LogP contribution is 2.34. The van der Waals surface area contributed by atoms with Crippen molar-refractivity contribution in [2.75, 3.05) is 11.4 Å². The first-order valence-electron chi connectivity index (χ1n) is 7.57. The van der Waals surface area contributed by atoms with Crippen LogP contribution in [0.1, 0.15) is 45.1 Å². The molecule has 3 N–H and O–H groups in total. The number of halogens is 1. The van der Waals surface area contributed by atoms with E-state index in [1.165, 1.54) is 25.7 Å². The van der Waals surface area contributed by atoms with Gasteiger partial charge in [-0.15, -0.1) is 0 Å². The van der Waals surface area contributed by atoms with Crippen molar-refractivity contribution < 1.29 is 5.21 Å². The van der Waals surface area contributed by atoms with Crippen LogP contribution in [-0.2, 0) is 0 Å². The Morgan fingerprint density at radius 1 is 1.43 bits per heavy atom. The molecule has 0 amide bonds. The lowest BCUT2D eigenvalue weighted by molar-refractivity contribution is 0.318. The highest BCUT2D eigenvalue weighted by atomic mass is 35.5. The minimum absolute atomic E-state index is 0.0716. The van der Waals surface area contributed by atoms with E-state index in [1.807, 2.05) is 12.1 Å². The molecule has 0 saturated heterocycles. The second-order valence-corrected chi connectivity index (χ2v) is 6.51. The fourth-order valence-electron chi connectivity index (χ4n) is 3.11. The van der Waals surface area contributed by atoms with E-state index in [-0.39, 0.29) is 5.84 Å². The van der Waals surface area contributed by atoms with Gasteiger partial charge in [-0.3, -0.25) is 0 Å². The van der Waals surface area contributed by atoms with Gasteiger partial charge in [-0.25, -0.2) is 0 Å². The Bertz CT molecular complexity index is 510. The number of nitrogens with zero attached hydrogens (tertiary/aromatic N) is 2. The molecule has 1 saturated carbocycles. The predicted octanol–water partition coefficient (Wildman–Crippen LogP) is 3.84. The summed E-state index contributed by atoms with van der Waals surface area (Å²) in [5.74, 6) is 0.604. The molecule has 1 fully saturated rings. The van der Waals surface area contributed by atoms with Gasteiger partial charge in [0.25, 0.3) is 0 Å². The highest BCUT2D eigenvalue weighted by molar-refractivity contribution is 6.34. The number of benzene rings is 1. The maximum atomic E-state index is 9.05. The minimum Gasteiger partial charge on any atom is -0.409 e. The summed E-state index contributed by atoms with van der Waals surface area (Å²) in [4.78, 5) is 2.39. The Balaban J connectivity index is 2.46. The molecule has 0 atom stereocenters. The first kappa shape index (κ1) is 16.0. The number of rotatable bonds is 5. The Labute approximate surface area is 131 Å². The zero-order valence-electron chi connectivity index (χ0n) is 12.7. The number of nitrogens with two attached hydrogens (primary N) is 1. The van der Waals surface area contributed by atoms with Crippen LogP contribution in [0.5, 0.6) is 0 Å². The highest BCUT2D eigenvalue weighted by Gasteiger charge is 2.26. The van der Waals surface area contributed by atoms with Crippen LogP contribution >= 0.6 is 11.6 Å². The fourth-order valence-corrected chi connectivity index (χ4v) is 3.38. The molecule has 116 valence electrons. The molecule has 0 unspecified atom stereocenters. The quantitative estimate of drug-likeness (QED) is 0.376. The smallest absolute Gasteiger partial charge is 0.173 e. The number of hydrogen-bond acceptors (Lipinski definition) is 3. The summed E-state index contributed by atoms with van der Waals surface area (Å²) in [6, 6.07) is 6.23. The van der Waals surface area contributed by atoms with Crippen molar-refractivity contribution in [1.82, 2.24) is 0 Å². The van der Waals surface area contributed by atoms with E-state index in [9.17, 15) is 0 Å². The molecule has 5 heteroatoms. The van der Waals surface area contributed by atoms with E-state index in [0.29, 0.717) is 22.5 Å². The first-order chi connectivity index (χ1) is 10.0. The summed E-state index contributed by atoms with van der Waals surface area (Å²) in [7, 11) is 0. The summed E-state index contributed by atoms with van der Waals surface area (Å²) in [5.41, 5.74) is 7.46. The Kier molecular flexibility index (Phi) is 5.34. The molecular weight excluding hydrogens is 286 g/mol. The molecule has 0 aliphatic heterocycles. The van der Waals surface area contributed by atoms with Gasteiger partial charge in [-0.1, -0.05) is 49.5 Å². The SMILES string of the molecule is CC(C)CN(c1cccc(Cl)c1/C(N)=N/O)C1CCCC1. The number of amidine groups is 1. The third kappa shape index (κ3) is 3.62. The molecule has 4 nitrogen and oxygen atoms in total. The summed E-state index contributed by atoms with van der Waals surface area (Å²) >= 11 is 6.29. The van der Waals surface area contributed by atoms with E-state index in [1.54, 1.807) is 6.07 Å². The van der Waals surface area contributed by atoms with Gasteiger partial charge in [0.15, 0.2) is 5.84 Å². The van der Waals surface area contributed by atoms with Crippen molar-refractivity contribution in [3.63, 3.8) is 0 Å². The van der Waals surface area contributed by atoms with E-state index >= 15 is 0 Å². The third-order valence-corrected chi connectivity index (χ3v) is 4.31. The first-order valence-corrected chi connectivity index (χ1v) is 7.95. The van der Waals surface area contributed by atoms with Gasteiger partial charge in [-0.2, -0.15) is 0 Å². The Morgan fingerprint density at radius 2 is 2.10 bits per heavy atom. The Morgan fingerprint density at radius 3 is 2.67 bits per heavy atom. The number of anilines is 1. The average molecular weight is 310 g/mol. The lowest BCUT2D eigenvalue weighted by Crippen LogP contribution is -2.38. The van der Waals surface area contributed by atoms with Gasteiger partial charge in [0.1, 0.15) is 0 Å². The maximum absolute atomic E-state index is 9.05. The molecular formula is C16H24ClN3O. The molecule has 0 bridgehead atoms. The van der Waals surface area contributed by atoms with Crippen LogP contribution in [0.15, 0.2) is 23.4 Å². The zero-order chi connectivity index (χ0) is 15.4. The normalized spacial score (nSPS) is 16.7. The molecule has 1 aromatic rings. The standard InChI is InChI=1S/C16H24ClN3O/c1-11(2)10-20(12-6-3-4-7-12)14-9-5-8-13(17)15(14)16(18)19-21/h5,8-9,11-12,21H,3-4,6-7,10H2,1-2H3,(H2,18,19). The van der Waals surface area contributed by atoms with Crippen molar-refractivity contribution in [2.45, 2.75) is 45.6 Å². The van der Waals surface area contributed by atoms with Crippen LogP contribution < -0.4 is 10.6 Å². The van der Waals surface area contributed by atoms with Gasteiger partial charge in [0.2, 0.25) is 0 Å². The van der Waals surface area contributed by atoms with E-state index in [0.717, 1.165) is 12.2 Å². The molecule has 0 heterocycles. The van der Waals surface area contributed by atoms with E-state index < -0.39 is 0 Å². The van der Waals surface area contributed by atoms with Crippen LogP contribution in [0.2, 0.25) is 5.02 Å². The van der Waals surface area contributed by atoms with E-state index in [2.05, 4.69) is 23.9 Å². The molecule has 21 heavy (non-hydrogen) atoms. The Hall–Kier alpha value is -1.42. The van der Waals surface area contributed by atoms with Gasteiger partial charge < -0.3 is 15.8 Å². The number of hydrogen-bond donors (Lipinski definition) is 2. The van der Waals surface area contributed by atoms with Gasteiger partial charge in [0.05, 0.1) is 10.6 Å². The van der Waals surface area contributed by atoms with Crippen LogP contribution in [0.25, 0.3) is 0 Å². The largest absolute Gasteiger partial charge is 0.409 e. The van der Waals surface area contributed by atoms with Crippen molar-refractivity contribution in [1.29, 1.82) is 0 Å². The van der Waals surface area contributed by atoms with Crippen molar-refractivity contribution in [2.24, 2.45) is 16.8 Å². The molecule has 0 spiro atoms.